The van der Waals surface area contributed by atoms with E-state index < -0.39 is 9.84 Å². The molecular formula is C13H20Cl2IN3O2S. The average molecular weight is 480 g/mol. The van der Waals surface area contributed by atoms with Crippen LogP contribution in [-0.4, -0.2) is 40.0 Å². The Bertz CT molecular complexity index is 624. The zero-order valence-corrected chi connectivity index (χ0v) is 17.2. The maximum atomic E-state index is 11.1. The maximum Gasteiger partial charge on any atom is 0.191 e. The number of sulfone groups is 1. The fourth-order valence-electron chi connectivity index (χ4n) is 1.68. The third-order valence-electron chi connectivity index (χ3n) is 2.77. The molecule has 5 nitrogen and oxygen atoms in total. The summed E-state index contributed by atoms with van der Waals surface area (Å²) in [4.78, 5) is 4.05. The number of aliphatic imine (C=N–C) groups is 1. The highest BCUT2D eigenvalue weighted by molar-refractivity contribution is 14.0. The average Bonchev–Trinajstić information content (AvgIpc) is 2.35. The molecule has 22 heavy (non-hydrogen) atoms. The van der Waals surface area contributed by atoms with Gasteiger partial charge < -0.3 is 10.6 Å². The number of hydrogen-bond donors (Lipinski definition) is 2. The normalized spacial score (nSPS) is 13.2. The minimum atomic E-state index is -3.00. The molecule has 0 saturated carbocycles. The smallest absolute Gasteiger partial charge is 0.191 e. The molecule has 1 atom stereocenters. The van der Waals surface area contributed by atoms with Crippen LogP contribution in [0.4, 0.5) is 0 Å². The number of rotatable bonds is 5. The predicted molar refractivity (Wildman–Crippen MR) is 105 cm³/mol. The quantitative estimate of drug-likeness (QED) is 0.387. The van der Waals surface area contributed by atoms with Crippen LogP contribution >= 0.6 is 47.2 Å². The van der Waals surface area contributed by atoms with Crippen molar-refractivity contribution < 1.29 is 8.42 Å². The van der Waals surface area contributed by atoms with Crippen LogP contribution in [0.5, 0.6) is 0 Å². The van der Waals surface area contributed by atoms with Crippen LogP contribution in [0.15, 0.2) is 23.2 Å². The van der Waals surface area contributed by atoms with Gasteiger partial charge in [-0.15, -0.1) is 24.0 Å². The van der Waals surface area contributed by atoms with E-state index in [0.717, 1.165) is 5.56 Å². The van der Waals surface area contributed by atoms with Gasteiger partial charge in [0.05, 0.1) is 11.8 Å². The Morgan fingerprint density at radius 3 is 2.50 bits per heavy atom. The summed E-state index contributed by atoms with van der Waals surface area (Å²) in [6.07, 6.45) is 1.20. The van der Waals surface area contributed by atoms with Crippen LogP contribution in [0, 0.1) is 0 Å². The topological polar surface area (TPSA) is 70.6 Å². The lowest BCUT2D eigenvalue weighted by atomic mass is 10.1. The van der Waals surface area contributed by atoms with Crippen LogP contribution in [0.2, 0.25) is 10.0 Å². The van der Waals surface area contributed by atoms with Gasteiger partial charge in [0.15, 0.2) is 5.96 Å². The molecule has 0 spiro atoms. The van der Waals surface area contributed by atoms with Crippen LogP contribution in [0.1, 0.15) is 18.5 Å². The Labute approximate surface area is 158 Å². The lowest BCUT2D eigenvalue weighted by Crippen LogP contribution is -2.40. The van der Waals surface area contributed by atoms with E-state index in [9.17, 15) is 8.42 Å². The van der Waals surface area contributed by atoms with Crippen molar-refractivity contribution in [2.75, 3.05) is 25.6 Å². The highest BCUT2D eigenvalue weighted by Crippen LogP contribution is 2.25. The van der Waals surface area contributed by atoms with Crippen LogP contribution < -0.4 is 10.6 Å². The van der Waals surface area contributed by atoms with Crippen molar-refractivity contribution in [3.8, 4) is 0 Å². The molecule has 0 heterocycles. The summed E-state index contributed by atoms with van der Waals surface area (Å²) in [5.41, 5.74) is 0.882. The van der Waals surface area contributed by atoms with Crippen LogP contribution in [0.25, 0.3) is 0 Å². The Morgan fingerprint density at radius 1 is 1.36 bits per heavy atom. The van der Waals surface area contributed by atoms with E-state index in [1.165, 1.54) is 6.26 Å². The summed E-state index contributed by atoms with van der Waals surface area (Å²) in [7, 11) is -1.38. The van der Waals surface area contributed by atoms with Crippen molar-refractivity contribution in [2.45, 2.75) is 13.0 Å². The Kier molecular flexibility index (Phi) is 9.68. The number of nitrogens with zero attached hydrogens (tertiary/aromatic N) is 1. The molecule has 1 aromatic carbocycles. The second-order valence-electron chi connectivity index (χ2n) is 4.66. The van der Waals surface area contributed by atoms with Crippen molar-refractivity contribution in [3.05, 3.63) is 33.8 Å². The summed E-state index contributed by atoms with van der Waals surface area (Å²) >= 11 is 12.0. The third kappa shape index (κ3) is 7.85. The second kappa shape index (κ2) is 9.79. The number of halogens is 3. The SMILES string of the molecule is CN=C(NCCS(C)(=O)=O)NC(C)c1ccc(Cl)cc1Cl.I. The molecule has 1 aromatic rings. The zero-order chi connectivity index (χ0) is 16.0. The minimum Gasteiger partial charge on any atom is -0.355 e. The van der Waals surface area contributed by atoms with Gasteiger partial charge in [0.1, 0.15) is 9.84 Å². The Hall–Kier alpha value is -0.250. The van der Waals surface area contributed by atoms with Gasteiger partial charge >= 0.3 is 0 Å². The predicted octanol–water partition coefficient (Wildman–Crippen LogP) is 2.88. The number of guanidine groups is 1. The van der Waals surface area contributed by atoms with Gasteiger partial charge in [-0.1, -0.05) is 29.3 Å². The zero-order valence-electron chi connectivity index (χ0n) is 12.6. The van der Waals surface area contributed by atoms with Crippen LogP contribution in [-0.2, 0) is 9.84 Å². The van der Waals surface area contributed by atoms with E-state index in [-0.39, 0.29) is 35.8 Å². The first-order chi connectivity index (χ1) is 9.73. The van der Waals surface area contributed by atoms with E-state index in [4.69, 9.17) is 23.2 Å². The van der Waals surface area contributed by atoms with Gasteiger partial charge in [0.2, 0.25) is 0 Å². The van der Waals surface area contributed by atoms with Crippen molar-refractivity contribution in [1.29, 1.82) is 0 Å². The summed E-state index contributed by atoms with van der Waals surface area (Å²) in [5.74, 6) is 0.557. The molecule has 0 aliphatic heterocycles. The largest absolute Gasteiger partial charge is 0.355 e. The van der Waals surface area contributed by atoms with Crippen molar-refractivity contribution in [3.63, 3.8) is 0 Å². The molecule has 0 aliphatic carbocycles. The van der Waals surface area contributed by atoms with E-state index in [2.05, 4.69) is 15.6 Å². The molecule has 0 saturated heterocycles. The Morgan fingerprint density at radius 2 is 2.00 bits per heavy atom. The third-order valence-corrected chi connectivity index (χ3v) is 4.28. The van der Waals surface area contributed by atoms with Crippen molar-refractivity contribution in [2.24, 2.45) is 4.99 Å². The summed E-state index contributed by atoms with van der Waals surface area (Å²) in [6.45, 7) is 2.22. The summed E-state index contributed by atoms with van der Waals surface area (Å²) in [6, 6.07) is 5.18. The first-order valence-corrected chi connectivity index (χ1v) is 9.14. The molecule has 9 heteroatoms. The van der Waals surface area contributed by atoms with E-state index in [1.807, 2.05) is 13.0 Å². The number of benzene rings is 1. The fraction of sp³-hybridized carbons (Fsp3) is 0.462. The first kappa shape index (κ1) is 21.8. The van der Waals surface area contributed by atoms with Crippen molar-refractivity contribution >= 4 is 63.0 Å². The molecule has 0 amide bonds. The molecule has 1 rings (SSSR count). The monoisotopic (exact) mass is 479 g/mol. The van der Waals surface area contributed by atoms with Gasteiger partial charge in [-0.2, -0.15) is 0 Å². The van der Waals surface area contributed by atoms with E-state index in [0.29, 0.717) is 22.5 Å². The maximum absolute atomic E-state index is 11.1. The van der Waals surface area contributed by atoms with Gasteiger partial charge in [0, 0.05) is 29.9 Å². The van der Waals surface area contributed by atoms with Gasteiger partial charge in [0.25, 0.3) is 0 Å². The van der Waals surface area contributed by atoms with Gasteiger partial charge in [-0.05, 0) is 24.6 Å². The number of nitrogens with one attached hydrogen (secondary N) is 2. The fourth-order valence-corrected chi connectivity index (χ4v) is 2.73. The molecule has 126 valence electrons. The molecule has 0 radical (unpaired) electrons. The molecule has 0 bridgehead atoms. The number of hydrogen-bond acceptors (Lipinski definition) is 3. The molecular weight excluding hydrogens is 460 g/mol. The molecule has 1 unspecified atom stereocenters. The highest BCUT2D eigenvalue weighted by atomic mass is 127. The Balaban J connectivity index is 0.00000441. The van der Waals surface area contributed by atoms with Gasteiger partial charge in [-0.25, -0.2) is 8.42 Å². The summed E-state index contributed by atoms with van der Waals surface area (Å²) in [5, 5.41) is 7.23. The lowest BCUT2D eigenvalue weighted by molar-refractivity contribution is 0.600. The van der Waals surface area contributed by atoms with Gasteiger partial charge in [-0.3, -0.25) is 4.99 Å². The first-order valence-electron chi connectivity index (χ1n) is 6.33. The highest BCUT2D eigenvalue weighted by Gasteiger charge is 2.12. The minimum absolute atomic E-state index is 0. The molecule has 0 fully saturated rings. The molecule has 0 aromatic heterocycles. The standard InChI is InChI=1S/C13H19Cl2N3O2S.HI/c1-9(11-5-4-10(14)8-12(11)15)18-13(16-2)17-6-7-21(3,19)20;/h4-5,8-9H,6-7H2,1-3H3,(H2,16,17,18);1H. The van der Waals surface area contributed by atoms with Crippen molar-refractivity contribution in [1.82, 2.24) is 10.6 Å². The van der Waals surface area contributed by atoms with E-state index >= 15 is 0 Å². The lowest BCUT2D eigenvalue weighted by Gasteiger charge is -2.19. The molecule has 0 aliphatic rings. The van der Waals surface area contributed by atoms with Crippen LogP contribution in [0.3, 0.4) is 0 Å². The molecule has 2 N–H and O–H groups in total. The second-order valence-corrected chi connectivity index (χ2v) is 7.76. The summed E-state index contributed by atoms with van der Waals surface area (Å²) < 4.78 is 22.2. The van der Waals surface area contributed by atoms with E-state index in [1.54, 1.807) is 19.2 Å².